The lowest BCUT2D eigenvalue weighted by Gasteiger charge is -2.14. The molecule has 0 aliphatic carbocycles. The van der Waals surface area contributed by atoms with Crippen LogP contribution in [-0.2, 0) is 16.1 Å². The molecular formula is C14H20FNO4. The molecule has 1 aliphatic rings. The zero-order chi connectivity index (χ0) is 15.2. The Labute approximate surface area is 118 Å². The van der Waals surface area contributed by atoms with E-state index in [-0.39, 0.29) is 12.6 Å². The Morgan fingerprint density at radius 2 is 1.80 bits per heavy atom. The number of alkyl halides is 1. The maximum Gasteiger partial charge on any atom is 0.410 e. The summed E-state index contributed by atoms with van der Waals surface area (Å²) < 4.78 is 14.7. The second-order valence-corrected chi connectivity index (χ2v) is 3.84. The number of hydrogen-bond acceptors (Lipinski definition) is 3. The van der Waals surface area contributed by atoms with Gasteiger partial charge in [-0.25, -0.2) is 4.79 Å². The Bertz CT molecular complexity index is 367. The Kier molecular flexibility index (Phi) is 10.7. The fraction of sp³-hybridized carbons (Fsp3) is 0.429. The number of halogens is 1. The van der Waals surface area contributed by atoms with Gasteiger partial charge >= 0.3 is 6.09 Å². The molecule has 0 unspecified atom stereocenters. The van der Waals surface area contributed by atoms with Gasteiger partial charge in [0.25, 0.3) is 6.47 Å². The normalized spacial score (nSPS) is 12.4. The van der Waals surface area contributed by atoms with E-state index < -0.39 is 0 Å². The van der Waals surface area contributed by atoms with Crippen molar-refractivity contribution in [1.82, 2.24) is 4.90 Å². The SMILES string of the molecule is CF.O=C(OCc1ccccc1)N1CCCC1.O=CO. The van der Waals surface area contributed by atoms with Crippen molar-refractivity contribution in [1.29, 1.82) is 0 Å². The van der Waals surface area contributed by atoms with Crippen LogP contribution in [0.25, 0.3) is 0 Å². The predicted octanol–water partition coefficient (Wildman–Crippen LogP) is 2.71. The predicted molar refractivity (Wildman–Crippen MR) is 73.2 cm³/mol. The number of carbonyl (C=O) groups is 2. The standard InChI is InChI=1S/C12H15NO2.CH3F.CH2O2/c14-12(13-8-4-5-9-13)15-10-11-6-2-1-3-7-11;1-2;2-1-3/h1-3,6-7H,4-5,8-10H2;1H3;1H,(H,2,3). The average Bonchev–Trinajstić information content (AvgIpc) is 3.03. The van der Waals surface area contributed by atoms with Gasteiger partial charge in [-0.3, -0.25) is 9.18 Å². The second-order valence-electron chi connectivity index (χ2n) is 3.84. The molecule has 1 N–H and O–H groups in total. The molecule has 0 aromatic heterocycles. The van der Waals surface area contributed by atoms with Crippen LogP contribution in [0, 0.1) is 0 Å². The third-order valence-corrected chi connectivity index (χ3v) is 2.57. The van der Waals surface area contributed by atoms with Crippen molar-refractivity contribution >= 4 is 12.6 Å². The van der Waals surface area contributed by atoms with E-state index in [4.69, 9.17) is 14.6 Å². The molecule has 1 fully saturated rings. The number of carbonyl (C=O) groups excluding carboxylic acids is 1. The summed E-state index contributed by atoms with van der Waals surface area (Å²) in [4.78, 5) is 21.7. The summed E-state index contributed by atoms with van der Waals surface area (Å²) in [6, 6.07) is 9.75. The van der Waals surface area contributed by atoms with Crippen LogP contribution in [0.4, 0.5) is 9.18 Å². The van der Waals surface area contributed by atoms with E-state index in [9.17, 15) is 9.18 Å². The van der Waals surface area contributed by atoms with E-state index in [1.807, 2.05) is 30.3 Å². The monoisotopic (exact) mass is 285 g/mol. The fourth-order valence-electron chi connectivity index (χ4n) is 1.71. The van der Waals surface area contributed by atoms with Gasteiger partial charge in [0.2, 0.25) is 0 Å². The van der Waals surface area contributed by atoms with Crippen LogP contribution < -0.4 is 0 Å². The van der Waals surface area contributed by atoms with Crippen molar-refractivity contribution < 1.29 is 23.8 Å². The van der Waals surface area contributed by atoms with Crippen molar-refractivity contribution in [2.45, 2.75) is 19.4 Å². The first-order chi connectivity index (χ1) is 9.77. The van der Waals surface area contributed by atoms with Crippen LogP contribution in [0.5, 0.6) is 0 Å². The van der Waals surface area contributed by atoms with Gasteiger partial charge in [0.05, 0.1) is 7.18 Å². The summed E-state index contributed by atoms with van der Waals surface area (Å²) >= 11 is 0. The molecule has 1 amide bonds. The molecule has 5 nitrogen and oxygen atoms in total. The lowest BCUT2D eigenvalue weighted by Crippen LogP contribution is -2.28. The Hall–Kier alpha value is -2.11. The number of hydrogen-bond donors (Lipinski definition) is 1. The van der Waals surface area contributed by atoms with E-state index >= 15 is 0 Å². The van der Waals surface area contributed by atoms with E-state index in [0.29, 0.717) is 13.8 Å². The summed E-state index contributed by atoms with van der Waals surface area (Å²) in [6.45, 7) is 1.80. The third kappa shape index (κ3) is 7.35. The van der Waals surface area contributed by atoms with E-state index in [2.05, 4.69) is 0 Å². The summed E-state index contributed by atoms with van der Waals surface area (Å²) in [7, 11) is 0.500. The maximum atomic E-state index is 11.5. The molecule has 20 heavy (non-hydrogen) atoms. The topological polar surface area (TPSA) is 66.8 Å². The molecule has 1 heterocycles. The quantitative estimate of drug-likeness (QED) is 0.848. The van der Waals surface area contributed by atoms with Gasteiger partial charge < -0.3 is 14.7 Å². The minimum absolute atomic E-state index is 0.184. The van der Waals surface area contributed by atoms with Crippen molar-refractivity contribution in [3.63, 3.8) is 0 Å². The van der Waals surface area contributed by atoms with Gasteiger partial charge in [-0.2, -0.15) is 0 Å². The number of rotatable bonds is 2. The number of amides is 1. The minimum Gasteiger partial charge on any atom is -0.483 e. The highest BCUT2D eigenvalue weighted by molar-refractivity contribution is 5.67. The lowest BCUT2D eigenvalue weighted by atomic mass is 10.2. The van der Waals surface area contributed by atoms with Crippen LogP contribution in [0.2, 0.25) is 0 Å². The molecule has 0 saturated carbocycles. The van der Waals surface area contributed by atoms with Gasteiger partial charge in [-0.15, -0.1) is 0 Å². The van der Waals surface area contributed by atoms with Crippen LogP contribution in [0.15, 0.2) is 30.3 Å². The Balaban J connectivity index is 0.000000641. The van der Waals surface area contributed by atoms with Gasteiger partial charge in [-0.1, -0.05) is 30.3 Å². The number of benzene rings is 1. The van der Waals surface area contributed by atoms with E-state index in [0.717, 1.165) is 31.5 Å². The maximum absolute atomic E-state index is 11.5. The number of carboxylic acid groups (broad SMARTS) is 1. The van der Waals surface area contributed by atoms with Crippen molar-refractivity contribution in [3.05, 3.63) is 35.9 Å². The molecule has 1 aliphatic heterocycles. The molecule has 0 radical (unpaired) electrons. The molecule has 0 atom stereocenters. The Morgan fingerprint density at radius 1 is 1.30 bits per heavy atom. The first-order valence-corrected chi connectivity index (χ1v) is 6.19. The van der Waals surface area contributed by atoms with E-state index in [1.165, 1.54) is 0 Å². The van der Waals surface area contributed by atoms with Gasteiger partial charge in [0.1, 0.15) is 6.61 Å². The van der Waals surface area contributed by atoms with Crippen molar-refractivity contribution in [2.24, 2.45) is 0 Å². The highest BCUT2D eigenvalue weighted by Crippen LogP contribution is 2.10. The first kappa shape index (κ1) is 17.9. The summed E-state index contributed by atoms with van der Waals surface area (Å²) in [5.74, 6) is 0. The number of ether oxygens (including phenoxy) is 1. The lowest BCUT2D eigenvalue weighted by molar-refractivity contribution is -0.122. The summed E-state index contributed by atoms with van der Waals surface area (Å²) in [5, 5.41) is 6.89. The van der Waals surface area contributed by atoms with Crippen LogP contribution in [-0.4, -0.2) is 42.8 Å². The van der Waals surface area contributed by atoms with Gasteiger partial charge in [0, 0.05) is 13.1 Å². The summed E-state index contributed by atoms with van der Waals surface area (Å²) in [6.07, 6.45) is 2.01. The largest absolute Gasteiger partial charge is 0.483 e. The van der Waals surface area contributed by atoms with Crippen LogP contribution in [0.1, 0.15) is 18.4 Å². The zero-order valence-electron chi connectivity index (χ0n) is 11.5. The van der Waals surface area contributed by atoms with Gasteiger partial charge in [0.15, 0.2) is 0 Å². The van der Waals surface area contributed by atoms with Crippen molar-refractivity contribution in [3.8, 4) is 0 Å². The smallest absolute Gasteiger partial charge is 0.410 e. The number of likely N-dealkylation sites (tertiary alicyclic amines) is 1. The van der Waals surface area contributed by atoms with Crippen LogP contribution >= 0.6 is 0 Å². The zero-order valence-corrected chi connectivity index (χ0v) is 11.5. The highest BCUT2D eigenvalue weighted by atomic mass is 19.1. The molecule has 0 bridgehead atoms. The van der Waals surface area contributed by atoms with E-state index in [1.54, 1.807) is 4.90 Å². The molecule has 2 rings (SSSR count). The summed E-state index contributed by atoms with van der Waals surface area (Å²) in [5.41, 5.74) is 1.03. The third-order valence-electron chi connectivity index (χ3n) is 2.57. The molecule has 1 aromatic rings. The average molecular weight is 285 g/mol. The molecule has 1 saturated heterocycles. The van der Waals surface area contributed by atoms with Crippen molar-refractivity contribution in [2.75, 3.05) is 20.3 Å². The van der Waals surface area contributed by atoms with Gasteiger partial charge in [-0.05, 0) is 18.4 Å². The molecule has 6 heteroatoms. The van der Waals surface area contributed by atoms with Crippen LogP contribution in [0.3, 0.4) is 0 Å². The molecular weight excluding hydrogens is 265 g/mol. The molecule has 0 spiro atoms. The minimum atomic E-state index is -0.250. The molecule has 112 valence electrons. The highest BCUT2D eigenvalue weighted by Gasteiger charge is 2.18. The number of nitrogens with zero attached hydrogens (tertiary/aromatic N) is 1. The second kappa shape index (κ2) is 12.0. The molecule has 1 aromatic carbocycles. The first-order valence-electron chi connectivity index (χ1n) is 6.19. The fourth-order valence-corrected chi connectivity index (χ4v) is 1.71. The Morgan fingerprint density at radius 3 is 2.30 bits per heavy atom.